The minimum atomic E-state index is 0. The van der Waals surface area contributed by atoms with Gasteiger partial charge in [-0.2, -0.15) is 0 Å². The van der Waals surface area contributed by atoms with Crippen LogP contribution in [0.1, 0.15) is 31.9 Å². The molecule has 140 valence electrons. The fourth-order valence-electron chi connectivity index (χ4n) is 3.00. The SMILES string of the molecule is Cc1ccccc1[C]1[CH][CH][CH][C]1C1=N[C@@H](C(C)(C)C)CO1.[CH]1[CH][CH][CH][CH]1.[Fe+2]. The first-order valence-electron chi connectivity index (χ1n) is 9.16. The zero-order valence-corrected chi connectivity index (χ0v) is 17.5. The molecule has 1 aliphatic heterocycles. The van der Waals surface area contributed by atoms with Crippen LogP contribution in [0.2, 0.25) is 0 Å². The molecule has 0 bridgehead atoms. The normalized spacial score (nSPS) is 23.3. The average molecular weight is 401 g/mol. The molecule has 0 amide bonds. The number of ether oxygens (including phenoxy) is 1. The van der Waals surface area contributed by atoms with Gasteiger partial charge >= 0.3 is 17.1 Å². The molecule has 10 radical (unpaired) electrons. The van der Waals surface area contributed by atoms with Gasteiger partial charge in [-0.05, 0) is 74.8 Å². The van der Waals surface area contributed by atoms with Gasteiger partial charge in [-0.1, -0.05) is 45.0 Å². The van der Waals surface area contributed by atoms with Crippen LogP contribution in [-0.4, -0.2) is 18.5 Å². The zero-order valence-electron chi connectivity index (χ0n) is 16.4. The van der Waals surface area contributed by atoms with Gasteiger partial charge in [0.1, 0.15) is 6.61 Å². The van der Waals surface area contributed by atoms with E-state index in [0.29, 0.717) is 6.61 Å². The first-order chi connectivity index (χ1) is 12.5. The van der Waals surface area contributed by atoms with Crippen molar-refractivity contribution in [3.8, 4) is 0 Å². The van der Waals surface area contributed by atoms with E-state index >= 15 is 0 Å². The van der Waals surface area contributed by atoms with Crippen molar-refractivity contribution in [2.75, 3.05) is 6.61 Å². The molecule has 1 atom stereocenters. The molecule has 1 aromatic carbocycles. The van der Waals surface area contributed by atoms with Gasteiger partial charge in [0.25, 0.3) is 0 Å². The Morgan fingerprint density at radius 2 is 1.48 bits per heavy atom. The Labute approximate surface area is 177 Å². The van der Waals surface area contributed by atoms with Crippen molar-refractivity contribution in [3.05, 3.63) is 98.6 Å². The summed E-state index contributed by atoms with van der Waals surface area (Å²) in [5, 5.41) is 0. The first-order valence-corrected chi connectivity index (χ1v) is 9.16. The van der Waals surface area contributed by atoms with Crippen LogP contribution in [0.4, 0.5) is 0 Å². The van der Waals surface area contributed by atoms with Crippen molar-refractivity contribution in [2.24, 2.45) is 10.4 Å². The molecular formula is C24H27FeNO+2. The van der Waals surface area contributed by atoms with Gasteiger partial charge in [0.15, 0.2) is 5.90 Å². The molecular weight excluding hydrogens is 374 g/mol. The van der Waals surface area contributed by atoms with E-state index in [1.807, 2.05) is 32.1 Å². The fraction of sp³-hybridized carbons (Fsp3) is 0.292. The first kappa shape index (κ1) is 22.5. The number of benzene rings is 1. The van der Waals surface area contributed by atoms with E-state index in [2.05, 4.69) is 71.2 Å². The van der Waals surface area contributed by atoms with Crippen molar-refractivity contribution >= 4 is 5.90 Å². The predicted octanol–water partition coefficient (Wildman–Crippen LogP) is 4.98. The van der Waals surface area contributed by atoms with Crippen molar-refractivity contribution in [1.29, 1.82) is 0 Å². The molecule has 0 saturated heterocycles. The summed E-state index contributed by atoms with van der Waals surface area (Å²) in [6.07, 6.45) is 16.3. The van der Waals surface area contributed by atoms with Crippen LogP contribution in [-0.2, 0) is 21.8 Å². The second kappa shape index (κ2) is 10.1. The van der Waals surface area contributed by atoms with E-state index in [4.69, 9.17) is 9.73 Å². The fourth-order valence-corrected chi connectivity index (χ4v) is 3.00. The maximum atomic E-state index is 5.89. The van der Waals surface area contributed by atoms with Gasteiger partial charge in [0.05, 0.1) is 12.0 Å². The van der Waals surface area contributed by atoms with Crippen LogP contribution in [0.25, 0.3) is 0 Å². The molecule has 3 heteroatoms. The maximum absolute atomic E-state index is 5.89. The van der Waals surface area contributed by atoms with Crippen molar-refractivity contribution < 1.29 is 21.8 Å². The molecule has 2 fully saturated rings. The summed E-state index contributed by atoms with van der Waals surface area (Å²) in [5.41, 5.74) is 2.66. The van der Waals surface area contributed by atoms with Crippen molar-refractivity contribution in [3.63, 3.8) is 0 Å². The third-order valence-electron chi connectivity index (χ3n) is 4.69. The average Bonchev–Trinajstić information content (AvgIpc) is 3.35. The summed E-state index contributed by atoms with van der Waals surface area (Å²) in [7, 11) is 0. The third-order valence-corrected chi connectivity index (χ3v) is 4.69. The van der Waals surface area contributed by atoms with Crippen LogP contribution in [0, 0.1) is 75.5 Å². The van der Waals surface area contributed by atoms with Crippen molar-refractivity contribution in [2.45, 2.75) is 33.7 Å². The van der Waals surface area contributed by atoms with Crippen LogP contribution in [0.5, 0.6) is 0 Å². The van der Waals surface area contributed by atoms with Crippen LogP contribution in [0.3, 0.4) is 0 Å². The Bertz CT molecular complexity index is 607. The number of aryl methyl sites for hydroxylation is 1. The Hall–Kier alpha value is -0.791. The molecule has 3 aliphatic rings. The second-order valence-electron chi connectivity index (χ2n) is 7.76. The van der Waals surface area contributed by atoms with E-state index in [9.17, 15) is 0 Å². The molecule has 1 heterocycles. The van der Waals surface area contributed by atoms with E-state index in [-0.39, 0.29) is 28.5 Å². The molecule has 1 aromatic rings. The van der Waals surface area contributed by atoms with Gasteiger partial charge in [0.2, 0.25) is 0 Å². The number of rotatable bonds is 2. The second-order valence-corrected chi connectivity index (χ2v) is 7.76. The molecule has 2 nitrogen and oxygen atoms in total. The Balaban J connectivity index is 0.000000379. The number of aliphatic imine (C=N–C) groups is 1. The summed E-state index contributed by atoms with van der Waals surface area (Å²) in [4.78, 5) is 4.81. The van der Waals surface area contributed by atoms with Gasteiger partial charge < -0.3 is 4.74 Å². The molecule has 0 spiro atoms. The largest absolute Gasteiger partial charge is 2.00 e. The molecule has 27 heavy (non-hydrogen) atoms. The van der Waals surface area contributed by atoms with Crippen LogP contribution >= 0.6 is 0 Å². The molecule has 0 N–H and O–H groups in total. The Morgan fingerprint density at radius 3 is 2.04 bits per heavy atom. The zero-order chi connectivity index (χ0) is 18.6. The minimum absolute atomic E-state index is 0. The minimum Gasteiger partial charge on any atom is -0.478 e. The predicted molar refractivity (Wildman–Crippen MR) is 108 cm³/mol. The summed E-state index contributed by atoms with van der Waals surface area (Å²) in [5.74, 6) is 3.11. The molecule has 0 unspecified atom stereocenters. The summed E-state index contributed by atoms with van der Waals surface area (Å²) in [6, 6.07) is 8.67. The molecule has 2 saturated carbocycles. The Kier molecular flexibility index (Phi) is 8.43. The van der Waals surface area contributed by atoms with Gasteiger partial charge in [-0.3, -0.25) is 0 Å². The number of nitrogens with zero attached hydrogens (tertiary/aromatic N) is 1. The maximum Gasteiger partial charge on any atom is 2.00 e. The van der Waals surface area contributed by atoms with Gasteiger partial charge in [-0.25, -0.2) is 4.99 Å². The smallest absolute Gasteiger partial charge is 0.478 e. The molecule has 2 aliphatic carbocycles. The standard InChI is InChI=1S/C19H22NO.C5H5.Fe/c1-13-8-5-6-9-14(13)15-10-7-11-16(15)18-20-17(12-21-18)19(2,3)4;1-2-4-5-3-1;/h5-11,17H,12H2,1-4H3;1-5H;/q;;+2/t17-;;/m1../s1. The van der Waals surface area contributed by atoms with E-state index in [1.165, 1.54) is 17.0 Å². The van der Waals surface area contributed by atoms with E-state index in [0.717, 1.165) is 11.8 Å². The number of hydrogen-bond acceptors (Lipinski definition) is 2. The monoisotopic (exact) mass is 401 g/mol. The van der Waals surface area contributed by atoms with Gasteiger partial charge in [-0.15, -0.1) is 0 Å². The van der Waals surface area contributed by atoms with Crippen LogP contribution < -0.4 is 0 Å². The summed E-state index contributed by atoms with van der Waals surface area (Å²) < 4.78 is 5.89. The third kappa shape index (κ3) is 5.84. The molecule has 0 aromatic heterocycles. The van der Waals surface area contributed by atoms with Crippen LogP contribution in [0.15, 0.2) is 29.3 Å². The quantitative estimate of drug-likeness (QED) is 0.641. The van der Waals surface area contributed by atoms with E-state index in [1.54, 1.807) is 0 Å². The molecule has 4 rings (SSSR count). The summed E-state index contributed by atoms with van der Waals surface area (Å²) >= 11 is 0. The topological polar surface area (TPSA) is 21.6 Å². The van der Waals surface area contributed by atoms with Gasteiger partial charge in [0, 0.05) is 5.92 Å². The Morgan fingerprint density at radius 1 is 0.889 bits per heavy atom. The number of hydrogen-bond donors (Lipinski definition) is 0. The van der Waals surface area contributed by atoms with Crippen molar-refractivity contribution in [1.82, 2.24) is 0 Å². The summed E-state index contributed by atoms with van der Waals surface area (Å²) in [6.45, 7) is 9.45. The van der Waals surface area contributed by atoms with E-state index < -0.39 is 0 Å².